The van der Waals surface area contributed by atoms with Gasteiger partial charge in [-0.15, -0.1) is 0 Å². The molecule has 1 aliphatic carbocycles. The first-order valence-electron chi connectivity index (χ1n) is 8.88. The predicted molar refractivity (Wildman–Crippen MR) is 85.2 cm³/mol. The zero-order valence-corrected chi connectivity index (χ0v) is 13.5. The molecule has 2 atom stereocenters. The summed E-state index contributed by atoms with van der Waals surface area (Å²) in [7, 11) is 0. The zero-order valence-electron chi connectivity index (χ0n) is 13.5. The van der Waals surface area contributed by atoms with E-state index in [9.17, 15) is 4.79 Å². The molecule has 120 valence electrons. The van der Waals surface area contributed by atoms with Crippen LogP contribution in [0.5, 0.6) is 0 Å². The number of nitrogens with one attached hydrogen (secondary N) is 2. The van der Waals surface area contributed by atoms with E-state index in [4.69, 9.17) is 0 Å². The number of likely N-dealkylation sites (tertiary alicyclic amines) is 1. The van der Waals surface area contributed by atoms with Crippen LogP contribution in [0.15, 0.2) is 0 Å². The van der Waals surface area contributed by atoms with Gasteiger partial charge in [-0.1, -0.05) is 13.3 Å². The Balaban J connectivity index is 1.40. The molecule has 1 amide bonds. The van der Waals surface area contributed by atoms with Crippen LogP contribution < -0.4 is 10.6 Å². The van der Waals surface area contributed by atoms with Crippen LogP contribution in [-0.4, -0.2) is 49.6 Å². The summed E-state index contributed by atoms with van der Waals surface area (Å²) in [6, 6.07) is 0.0681. The average molecular weight is 293 g/mol. The largest absolute Gasteiger partial charge is 0.354 e. The van der Waals surface area contributed by atoms with Crippen molar-refractivity contribution in [3.63, 3.8) is 0 Å². The zero-order chi connectivity index (χ0) is 14.7. The molecule has 4 nitrogen and oxygen atoms in total. The lowest BCUT2D eigenvalue weighted by Gasteiger charge is -2.44. The second kappa shape index (κ2) is 6.66. The minimum Gasteiger partial charge on any atom is -0.354 e. The molecule has 0 aromatic rings. The maximum atomic E-state index is 12.1. The third-order valence-corrected chi connectivity index (χ3v) is 5.71. The molecular formula is C17H31N3O. The van der Waals surface area contributed by atoms with E-state index in [0.717, 1.165) is 25.9 Å². The van der Waals surface area contributed by atoms with E-state index in [1.54, 1.807) is 0 Å². The Labute approximate surface area is 129 Å². The van der Waals surface area contributed by atoms with Crippen LogP contribution >= 0.6 is 0 Å². The van der Waals surface area contributed by atoms with Crippen molar-refractivity contribution in [1.29, 1.82) is 0 Å². The fourth-order valence-electron chi connectivity index (χ4n) is 4.22. The molecular weight excluding hydrogens is 262 g/mol. The van der Waals surface area contributed by atoms with Crippen LogP contribution in [0.1, 0.15) is 51.9 Å². The normalized spacial score (nSPS) is 32.6. The fraction of sp³-hybridized carbons (Fsp3) is 0.941. The Morgan fingerprint density at radius 3 is 2.81 bits per heavy atom. The minimum atomic E-state index is 0.0681. The molecule has 2 heterocycles. The quantitative estimate of drug-likeness (QED) is 0.812. The van der Waals surface area contributed by atoms with Gasteiger partial charge in [0.25, 0.3) is 0 Å². The second-order valence-corrected chi connectivity index (χ2v) is 7.80. The number of rotatable bonds is 5. The van der Waals surface area contributed by atoms with Crippen LogP contribution in [0.3, 0.4) is 0 Å². The van der Waals surface area contributed by atoms with Gasteiger partial charge in [-0.25, -0.2) is 0 Å². The van der Waals surface area contributed by atoms with Gasteiger partial charge in [0, 0.05) is 19.6 Å². The first-order chi connectivity index (χ1) is 10.1. The van der Waals surface area contributed by atoms with Crippen molar-refractivity contribution in [3.05, 3.63) is 0 Å². The van der Waals surface area contributed by atoms with Crippen molar-refractivity contribution in [2.24, 2.45) is 11.3 Å². The molecule has 3 rings (SSSR count). The topological polar surface area (TPSA) is 44.4 Å². The molecule has 1 saturated carbocycles. The SMILES string of the molecule is CC1(CN2CCCC(CNC(=O)C3CCCN3)C2)CCC1. The predicted octanol–water partition coefficient (Wildman–Crippen LogP) is 1.76. The van der Waals surface area contributed by atoms with Gasteiger partial charge in [0.15, 0.2) is 0 Å². The lowest BCUT2D eigenvalue weighted by atomic mass is 9.70. The number of nitrogens with zero attached hydrogens (tertiary/aromatic N) is 1. The van der Waals surface area contributed by atoms with Gasteiger partial charge in [-0.3, -0.25) is 4.79 Å². The Morgan fingerprint density at radius 2 is 2.14 bits per heavy atom. The molecule has 0 aromatic carbocycles. The summed E-state index contributed by atoms with van der Waals surface area (Å²) in [5, 5.41) is 6.45. The number of hydrogen-bond acceptors (Lipinski definition) is 3. The summed E-state index contributed by atoms with van der Waals surface area (Å²) in [6.07, 6.45) is 8.91. The standard InChI is InChI=1S/C17H31N3O/c1-17(7-4-8-17)13-20-10-3-5-14(12-20)11-19-16(21)15-6-2-9-18-15/h14-15,18H,2-13H2,1H3,(H,19,21). The number of piperidine rings is 1. The van der Waals surface area contributed by atoms with Crippen molar-refractivity contribution in [3.8, 4) is 0 Å². The summed E-state index contributed by atoms with van der Waals surface area (Å²) in [4.78, 5) is 14.7. The molecule has 3 fully saturated rings. The molecule has 0 bridgehead atoms. The molecule has 21 heavy (non-hydrogen) atoms. The van der Waals surface area contributed by atoms with E-state index in [2.05, 4.69) is 22.5 Å². The highest BCUT2D eigenvalue weighted by Crippen LogP contribution is 2.41. The molecule has 2 unspecified atom stereocenters. The number of carbonyl (C=O) groups is 1. The molecule has 2 N–H and O–H groups in total. The van der Waals surface area contributed by atoms with Gasteiger partial charge >= 0.3 is 0 Å². The van der Waals surface area contributed by atoms with Crippen LogP contribution in [-0.2, 0) is 4.79 Å². The molecule has 2 saturated heterocycles. The van der Waals surface area contributed by atoms with Crippen LogP contribution in [0.25, 0.3) is 0 Å². The minimum absolute atomic E-state index is 0.0681. The highest BCUT2D eigenvalue weighted by atomic mass is 16.2. The maximum Gasteiger partial charge on any atom is 0.237 e. The average Bonchev–Trinajstić information content (AvgIpc) is 2.98. The van der Waals surface area contributed by atoms with Crippen molar-refractivity contribution in [1.82, 2.24) is 15.5 Å². The summed E-state index contributed by atoms with van der Waals surface area (Å²) in [6.45, 7) is 7.99. The summed E-state index contributed by atoms with van der Waals surface area (Å²) in [5.74, 6) is 0.864. The van der Waals surface area contributed by atoms with Gasteiger partial charge < -0.3 is 15.5 Å². The molecule has 0 spiro atoms. The van der Waals surface area contributed by atoms with E-state index in [0.29, 0.717) is 11.3 Å². The smallest absolute Gasteiger partial charge is 0.237 e. The number of amides is 1. The van der Waals surface area contributed by atoms with Gasteiger partial charge in [-0.05, 0) is 62.9 Å². The fourth-order valence-corrected chi connectivity index (χ4v) is 4.22. The van der Waals surface area contributed by atoms with E-state index < -0.39 is 0 Å². The first-order valence-corrected chi connectivity index (χ1v) is 8.88. The van der Waals surface area contributed by atoms with E-state index >= 15 is 0 Å². The maximum absolute atomic E-state index is 12.1. The number of hydrogen-bond donors (Lipinski definition) is 2. The number of carbonyl (C=O) groups excluding carboxylic acids is 1. The van der Waals surface area contributed by atoms with Crippen molar-refractivity contribution >= 4 is 5.91 Å². The molecule has 3 aliphatic rings. The van der Waals surface area contributed by atoms with Gasteiger partial charge in [0.05, 0.1) is 6.04 Å². The molecule has 0 radical (unpaired) electrons. The summed E-state index contributed by atoms with van der Waals surface area (Å²) in [5.41, 5.74) is 0.582. The second-order valence-electron chi connectivity index (χ2n) is 7.80. The van der Waals surface area contributed by atoms with Crippen LogP contribution in [0.2, 0.25) is 0 Å². The Hall–Kier alpha value is -0.610. The Bertz CT molecular complexity index is 361. The highest BCUT2D eigenvalue weighted by molar-refractivity contribution is 5.81. The van der Waals surface area contributed by atoms with Gasteiger partial charge in [-0.2, -0.15) is 0 Å². The van der Waals surface area contributed by atoms with E-state index in [-0.39, 0.29) is 11.9 Å². The van der Waals surface area contributed by atoms with Crippen molar-refractivity contribution in [2.75, 3.05) is 32.7 Å². The third-order valence-electron chi connectivity index (χ3n) is 5.71. The summed E-state index contributed by atoms with van der Waals surface area (Å²) < 4.78 is 0. The lowest BCUT2D eigenvalue weighted by Crippen LogP contribution is -2.48. The Kier molecular flexibility index (Phi) is 4.85. The van der Waals surface area contributed by atoms with E-state index in [1.165, 1.54) is 51.7 Å². The molecule has 0 aromatic heterocycles. The van der Waals surface area contributed by atoms with Crippen LogP contribution in [0, 0.1) is 11.3 Å². The van der Waals surface area contributed by atoms with Gasteiger partial charge in [0.1, 0.15) is 0 Å². The molecule has 4 heteroatoms. The van der Waals surface area contributed by atoms with Crippen molar-refractivity contribution < 1.29 is 4.79 Å². The highest BCUT2D eigenvalue weighted by Gasteiger charge is 2.35. The lowest BCUT2D eigenvalue weighted by molar-refractivity contribution is -0.123. The van der Waals surface area contributed by atoms with E-state index in [1.807, 2.05) is 0 Å². The monoisotopic (exact) mass is 293 g/mol. The molecule has 2 aliphatic heterocycles. The van der Waals surface area contributed by atoms with Crippen LogP contribution in [0.4, 0.5) is 0 Å². The Morgan fingerprint density at radius 1 is 1.29 bits per heavy atom. The third kappa shape index (κ3) is 3.98. The van der Waals surface area contributed by atoms with Crippen molar-refractivity contribution in [2.45, 2.75) is 57.9 Å². The van der Waals surface area contributed by atoms with Gasteiger partial charge in [0.2, 0.25) is 5.91 Å². The summed E-state index contributed by atoms with van der Waals surface area (Å²) >= 11 is 0. The first kappa shape index (κ1) is 15.3.